The van der Waals surface area contributed by atoms with Gasteiger partial charge in [-0.05, 0) is 50.4 Å². The number of likely N-dealkylation sites (tertiary alicyclic amines) is 1. The van der Waals surface area contributed by atoms with Crippen molar-refractivity contribution in [1.82, 2.24) is 10.2 Å². The zero-order valence-electron chi connectivity index (χ0n) is 13.1. The highest BCUT2D eigenvalue weighted by Gasteiger charge is 2.26. The largest absolute Gasteiger partial charge is 0.359 e. The number of nitrogens with one attached hydrogen (secondary N) is 1. The summed E-state index contributed by atoms with van der Waals surface area (Å²) in [6, 6.07) is 5.84. The average molecular weight is 288 g/mol. The summed E-state index contributed by atoms with van der Waals surface area (Å²) in [6.07, 6.45) is 1.88. The van der Waals surface area contributed by atoms with E-state index in [1.54, 1.807) is 7.05 Å². The second kappa shape index (κ2) is 6.85. The third kappa shape index (κ3) is 3.91. The fourth-order valence-corrected chi connectivity index (χ4v) is 2.83. The van der Waals surface area contributed by atoms with Gasteiger partial charge >= 0.3 is 0 Å². The van der Waals surface area contributed by atoms with Crippen molar-refractivity contribution in [3.8, 4) is 0 Å². The van der Waals surface area contributed by atoms with Gasteiger partial charge in [0.15, 0.2) is 5.78 Å². The topological polar surface area (TPSA) is 49.4 Å². The molecule has 0 aliphatic carbocycles. The number of nitrogens with zero attached hydrogens (tertiary/aromatic N) is 1. The molecule has 4 nitrogen and oxygen atoms in total. The minimum absolute atomic E-state index is 0.0105. The smallest absolute Gasteiger partial charge is 0.224 e. The first-order valence-electron chi connectivity index (χ1n) is 7.55. The molecule has 0 saturated carbocycles. The Morgan fingerprint density at radius 2 is 2.05 bits per heavy atom. The molecule has 1 aliphatic rings. The van der Waals surface area contributed by atoms with E-state index in [9.17, 15) is 9.59 Å². The second-order valence-corrected chi connectivity index (χ2v) is 5.91. The molecule has 1 N–H and O–H groups in total. The number of aryl methyl sites for hydroxylation is 2. The van der Waals surface area contributed by atoms with Crippen molar-refractivity contribution >= 4 is 11.7 Å². The van der Waals surface area contributed by atoms with Crippen LogP contribution < -0.4 is 5.32 Å². The molecule has 1 aromatic carbocycles. The number of ketones is 1. The van der Waals surface area contributed by atoms with Crippen LogP contribution in [-0.2, 0) is 4.79 Å². The SMILES string of the molecule is CNC(=O)C1CCCN(CC(=O)c2ccc(C)c(C)c2)C1. The van der Waals surface area contributed by atoms with Crippen molar-refractivity contribution in [3.05, 3.63) is 34.9 Å². The Kier molecular flexibility index (Phi) is 5.12. The van der Waals surface area contributed by atoms with Crippen LogP contribution in [0.1, 0.15) is 34.3 Å². The van der Waals surface area contributed by atoms with E-state index in [4.69, 9.17) is 0 Å². The number of piperidine rings is 1. The Balaban J connectivity index is 1.98. The fraction of sp³-hybridized carbons (Fsp3) is 0.529. The predicted molar refractivity (Wildman–Crippen MR) is 83.5 cm³/mol. The molecular weight excluding hydrogens is 264 g/mol. The third-order valence-electron chi connectivity index (χ3n) is 4.32. The summed E-state index contributed by atoms with van der Waals surface area (Å²) in [4.78, 5) is 26.2. The van der Waals surface area contributed by atoms with E-state index in [2.05, 4.69) is 10.2 Å². The lowest BCUT2D eigenvalue weighted by atomic mass is 9.96. The Morgan fingerprint density at radius 3 is 2.71 bits per heavy atom. The lowest BCUT2D eigenvalue weighted by Gasteiger charge is -2.31. The Hall–Kier alpha value is -1.68. The zero-order valence-corrected chi connectivity index (χ0v) is 13.1. The molecule has 0 spiro atoms. The lowest BCUT2D eigenvalue weighted by molar-refractivity contribution is -0.126. The van der Waals surface area contributed by atoms with Gasteiger partial charge < -0.3 is 5.32 Å². The van der Waals surface area contributed by atoms with Gasteiger partial charge in [-0.25, -0.2) is 0 Å². The first-order chi connectivity index (χ1) is 10.0. The van der Waals surface area contributed by atoms with Gasteiger partial charge in [-0.3, -0.25) is 14.5 Å². The molecule has 1 aliphatic heterocycles. The first-order valence-corrected chi connectivity index (χ1v) is 7.55. The van der Waals surface area contributed by atoms with E-state index in [-0.39, 0.29) is 17.6 Å². The molecule has 1 atom stereocenters. The maximum absolute atomic E-state index is 12.4. The highest BCUT2D eigenvalue weighted by atomic mass is 16.2. The first kappa shape index (κ1) is 15.7. The highest BCUT2D eigenvalue weighted by Crippen LogP contribution is 2.17. The number of carbonyl (C=O) groups excluding carboxylic acids is 2. The number of benzene rings is 1. The van der Waals surface area contributed by atoms with Crippen LogP contribution in [0.2, 0.25) is 0 Å². The Morgan fingerprint density at radius 1 is 1.29 bits per heavy atom. The molecule has 1 amide bonds. The van der Waals surface area contributed by atoms with E-state index in [0.717, 1.165) is 30.5 Å². The standard InChI is InChI=1S/C17H24N2O2/c1-12-6-7-14(9-13(12)2)16(20)11-19-8-4-5-15(10-19)17(21)18-3/h6-7,9,15H,4-5,8,10-11H2,1-3H3,(H,18,21). The van der Waals surface area contributed by atoms with Crippen LogP contribution in [0.3, 0.4) is 0 Å². The van der Waals surface area contributed by atoms with E-state index in [1.165, 1.54) is 5.56 Å². The Bertz CT molecular complexity index is 540. The third-order valence-corrected chi connectivity index (χ3v) is 4.32. The molecule has 1 aromatic rings. The van der Waals surface area contributed by atoms with E-state index >= 15 is 0 Å². The van der Waals surface area contributed by atoms with Gasteiger partial charge in [0.05, 0.1) is 12.5 Å². The van der Waals surface area contributed by atoms with Crippen LogP contribution in [0, 0.1) is 19.8 Å². The molecule has 114 valence electrons. The van der Waals surface area contributed by atoms with Gasteiger partial charge in [0, 0.05) is 19.2 Å². The molecule has 2 rings (SSSR count). The summed E-state index contributed by atoms with van der Waals surface area (Å²) in [5.74, 6) is 0.227. The van der Waals surface area contributed by atoms with Crippen molar-refractivity contribution in [2.75, 3.05) is 26.7 Å². The Labute approximate surface area is 126 Å². The molecular formula is C17H24N2O2. The van der Waals surface area contributed by atoms with Gasteiger partial charge in [-0.2, -0.15) is 0 Å². The van der Waals surface area contributed by atoms with Crippen LogP contribution in [0.5, 0.6) is 0 Å². The van der Waals surface area contributed by atoms with Crippen LogP contribution in [-0.4, -0.2) is 43.3 Å². The lowest BCUT2D eigenvalue weighted by Crippen LogP contribution is -2.44. The summed E-state index contributed by atoms with van der Waals surface area (Å²) in [6.45, 7) is 6.03. The normalized spacial score (nSPS) is 19.3. The van der Waals surface area contributed by atoms with Gasteiger partial charge in [0.2, 0.25) is 5.91 Å². The number of hydrogen-bond donors (Lipinski definition) is 1. The van der Waals surface area contributed by atoms with E-state index in [0.29, 0.717) is 13.1 Å². The molecule has 21 heavy (non-hydrogen) atoms. The average Bonchev–Trinajstić information content (AvgIpc) is 2.49. The summed E-state index contributed by atoms with van der Waals surface area (Å²) < 4.78 is 0. The molecule has 0 radical (unpaired) electrons. The van der Waals surface area contributed by atoms with Crippen molar-refractivity contribution in [2.24, 2.45) is 5.92 Å². The molecule has 0 aromatic heterocycles. The summed E-state index contributed by atoms with van der Waals surface area (Å²) in [5.41, 5.74) is 3.10. The van der Waals surface area contributed by atoms with Crippen LogP contribution in [0.4, 0.5) is 0 Å². The summed E-state index contributed by atoms with van der Waals surface area (Å²) >= 11 is 0. The summed E-state index contributed by atoms with van der Waals surface area (Å²) in [5, 5.41) is 2.70. The van der Waals surface area contributed by atoms with E-state index in [1.807, 2.05) is 32.0 Å². The van der Waals surface area contributed by atoms with Crippen molar-refractivity contribution in [1.29, 1.82) is 0 Å². The number of carbonyl (C=O) groups is 2. The van der Waals surface area contributed by atoms with Gasteiger partial charge in [0.25, 0.3) is 0 Å². The minimum Gasteiger partial charge on any atom is -0.359 e. The molecule has 4 heteroatoms. The monoisotopic (exact) mass is 288 g/mol. The number of hydrogen-bond acceptors (Lipinski definition) is 3. The predicted octanol–water partition coefficient (Wildman–Crippen LogP) is 1.94. The summed E-state index contributed by atoms with van der Waals surface area (Å²) in [7, 11) is 1.67. The molecule has 1 unspecified atom stereocenters. The minimum atomic E-state index is 0.0105. The molecule has 0 bridgehead atoms. The van der Waals surface area contributed by atoms with Gasteiger partial charge in [-0.15, -0.1) is 0 Å². The maximum Gasteiger partial charge on any atom is 0.224 e. The zero-order chi connectivity index (χ0) is 15.4. The number of Topliss-reactive ketones (excluding diaryl/α,β-unsaturated/α-hetero) is 1. The number of amides is 1. The molecule has 1 saturated heterocycles. The van der Waals surface area contributed by atoms with Crippen LogP contribution >= 0.6 is 0 Å². The second-order valence-electron chi connectivity index (χ2n) is 5.91. The maximum atomic E-state index is 12.4. The molecule has 1 heterocycles. The van der Waals surface area contributed by atoms with E-state index < -0.39 is 0 Å². The van der Waals surface area contributed by atoms with Gasteiger partial charge in [-0.1, -0.05) is 12.1 Å². The van der Waals surface area contributed by atoms with Crippen LogP contribution in [0.25, 0.3) is 0 Å². The van der Waals surface area contributed by atoms with Crippen molar-refractivity contribution in [3.63, 3.8) is 0 Å². The quantitative estimate of drug-likeness (QED) is 0.862. The van der Waals surface area contributed by atoms with Gasteiger partial charge in [0.1, 0.15) is 0 Å². The number of rotatable bonds is 4. The highest BCUT2D eigenvalue weighted by molar-refractivity contribution is 5.97. The molecule has 1 fully saturated rings. The van der Waals surface area contributed by atoms with Crippen molar-refractivity contribution < 1.29 is 9.59 Å². The van der Waals surface area contributed by atoms with Crippen LogP contribution in [0.15, 0.2) is 18.2 Å². The van der Waals surface area contributed by atoms with Crippen molar-refractivity contribution in [2.45, 2.75) is 26.7 Å². The fourth-order valence-electron chi connectivity index (χ4n) is 2.83.